The van der Waals surface area contributed by atoms with E-state index in [4.69, 9.17) is 4.42 Å². The Labute approximate surface area is 126 Å². The summed E-state index contributed by atoms with van der Waals surface area (Å²) in [6.45, 7) is 2.71. The van der Waals surface area contributed by atoms with Crippen LogP contribution < -0.4 is 5.32 Å². The third-order valence-electron chi connectivity index (χ3n) is 3.74. The molecule has 3 rings (SSSR count). The molecule has 1 aliphatic rings. The lowest BCUT2D eigenvalue weighted by molar-refractivity contribution is -0.132. The number of carbonyl (C=O) groups excluding carboxylic acids is 2. The Hall–Kier alpha value is -2.08. The van der Waals surface area contributed by atoms with Crippen LogP contribution in [-0.2, 0) is 11.2 Å². The van der Waals surface area contributed by atoms with Crippen LogP contribution in [-0.4, -0.2) is 29.8 Å². The van der Waals surface area contributed by atoms with E-state index >= 15 is 0 Å². The molecule has 0 radical (unpaired) electrons. The van der Waals surface area contributed by atoms with Gasteiger partial charge in [-0.15, -0.1) is 11.3 Å². The van der Waals surface area contributed by atoms with Gasteiger partial charge in [-0.3, -0.25) is 9.59 Å². The Kier molecular flexibility index (Phi) is 3.79. The quantitative estimate of drug-likeness (QED) is 0.945. The Morgan fingerprint density at radius 2 is 2.33 bits per heavy atom. The van der Waals surface area contributed by atoms with Crippen LogP contribution >= 0.6 is 11.3 Å². The zero-order valence-electron chi connectivity index (χ0n) is 11.7. The number of amides is 2. The monoisotopic (exact) mass is 304 g/mol. The van der Waals surface area contributed by atoms with Gasteiger partial charge < -0.3 is 14.6 Å². The summed E-state index contributed by atoms with van der Waals surface area (Å²) in [5, 5.41) is 4.66. The van der Waals surface area contributed by atoms with Gasteiger partial charge in [-0.25, -0.2) is 0 Å². The van der Waals surface area contributed by atoms with Crippen LogP contribution in [0.4, 0.5) is 0 Å². The second-order valence-electron chi connectivity index (χ2n) is 4.97. The van der Waals surface area contributed by atoms with Gasteiger partial charge in [0.05, 0.1) is 18.8 Å². The van der Waals surface area contributed by atoms with E-state index in [-0.39, 0.29) is 30.2 Å². The Morgan fingerprint density at radius 1 is 1.48 bits per heavy atom. The number of hydrogen-bond donors (Lipinski definition) is 1. The summed E-state index contributed by atoms with van der Waals surface area (Å²) in [4.78, 5) is 27.2. The highest BCUT2D eigenvalue weighted by Crippen LogP contribution is 2.32. The molecule has 1 atom stereocenters. The van der Waals surface area contributed by atoms with E-state index in [1.165, 1.54) is 16.7 Å². The van der Waals surface area contributed by atoms with Crippen molar-refractivity contribution in [3.8, 4) is 0 Å². The highest BCUT2D eigenvalue weighted by molar-refractivity contribution is 7.10. The van der Waals surface area contributed by atoms with Gasteiger partial charge in [-0.2, -0.15) is 0 Å². The number of hydrogen-bond acceptors (Lipinski definition) is 4. The lowest BCUT2D eigenvalue weighted by Crippen LogP contribution is -2.44. The fourth-order valence-electron chi connectivity index (χ4n) is 2.60. The van der Waals surface area contributed by atoms with Crippen molar-refractivity contribution in [1.82, 2.24) is 10.2 Å². The molecule has 0 aliphatic carbocycles. The van der Waals surface area contributed by atoms with Crippen LogP contribution in [0.15, 0.2) is 34.3 Å². The maximum absolute atomic E-state index is 12.3. The zero-order valence-corrected chi connectivity index (χ0v) is 12.5. The number of fused-ring (bicyclic) bond motifs is 1. The first kappa shape index (κ1) is 13.9. The van der Waals surface area contributed by atoms with Crippen molar-refractivity contribution in [2.75, 3.05) is 13.1 Å². The molecule has 0 fully saturated rings. The van der Waals surface area contributed by atoms with Gasteiger partial charge in [0.1, 0.15) is 0 Å². The number of furan rings is 1. The highest BCUT2D eigenvalue weighted by Gasteiger charge is 2.28. The molecule has 0 aromatic carbocycles. The largest absolute Gasteiger partial charge is 0.459 e. The topological polar surface area (TPSA) is 62.6 Å². The molecule has 1 aliphatic heterocycles. The van der Waals surface area contributed by atoms with Crippen molar-refractivity contribution in [2.45, 2.75) is 19.4 Å². The number of rotatable bonds is 3. The van der Waals surface area contributed by atoms with E-state index in [9.17, 15) is 9.59 Å². The Balaban J connectivity index is 1.60. The van der Waals surface area contributed by atoms with Gasteiger partial charge in [0, 0.05) is 11.4 Å². The molecule has 2 aromatic rings. The zero-order chi connectivity index (χ0) is 14.8. The molecule has 0 unspecified atom stereocenters. The third kappa shape index (κ3) is 2.71. The summed E-state index contributed by atoms with van der Waals surface area (Å²) in [7, 11) is 0. The van der Waals surface area contributed by atoms with Gasteiger partial charge >= 0.3 is 0 Å². The summed E-state index contributed by atoms with van der Waals surface area (Å²) in [5.41, 5.74) is 1.22. The summed E-state index contributed by atoms with van der Waals surface area (Å²) >= 11 is 1.74. The standard InChI is InChI=1S/C15H16N2O3S/c1-10-11-5-8-21-13(11)4-6-17(10)14(18)9-16-15(19)12-3-2-7-20-12/h2-3,5,7-8,10H,4,6,9H2,1H3,(H,16,19)/t10-/m1/s1. The molecule has 5 nitrogen and oxygen atoms in total. The van der Waals surface area contributed by atoms with Crippen LogP contribution in [0.1, 0.15) is 34.0 Å². The second-order valence-corrected chi connectivity index (χ2v) is 5.97. The van der Waals surface area contributed by atoms with Crippen molar-refractivity contribution in [3.63, 3.8) is 0 Å². The van der Waals surface area contributed by atoms with E-state index in [0.717, 1.165) is 6.42 Å². The minimum atomic E-state index is -0.366. The van der Waals surface area contributed by atoms with E-state index in [1.54, 1.807) is 23.5 Å². The fourth-order valence-corrected chi connectivity index (χ4v) is 3.57. The number of nitrogens with zero attached hydrogens (tertiary/aromatic N) is 1. The van der Waals surface area contributed by atoms with Crippen LogP contribution in [0.5, 0.6) is 0 Å². The minimum Gasteiger partial charge on any atom is -0.459 e. The maximum atomic E-state index is 12.3. The van der Waals surface area contributed by atoms with Crippen molar-refractivity contribution in [1.29, 1.82) is 0 Å². The summed E-state index contributed by atoms with van der Waals surface area (Å²) in [6.07, 6.45) is 2.32. The van der Waals surface area contributed by atoms with Gasteiger partial charge in [0.2, 0.25) is 5.91 Å². The van der Waals surface area contributed by atoms with Crippen LogP contribution in [0, 0.1) is 0 Å². The number of carbonyl (C=O) groups is 2. The van der Waals surface area contributed by atoms with Crippen molar-refractivity contribution < 1.29 is 14.0 Å². The second kappa shape index (κ2) is 5.73. The van der Waals surface area contributed by atoms with Crippen molar-refractivity contribution in [3.05, 3.63) is 46.0 Å². The molecule has 110 valence electrons. The van der Waals surface area contributed by atoms with E-state index in [0.29, 0.717) is 6.54 Å². The summed E-state index contributed by atoms with van der Waals surface area (Å²) in [6, 6.07) is 5.35. The predicted octanol–water partition coefficient (Wildman–Crippen LogP) is 2.22. The fraction of sp³-hybridized carbons (Fsp3) is 0.333. The van der Waals surface area contributed by atoms with E-state index in [2.05, 4.69) is 16.8 Å². The molecule has 0 spiro atoms. The Morgan fingerprint density at radius 3 is 3.10 bits per heavy atom. The van der Waals surface area contributed by atoms with E-state index < -0.39 is 0 Å². The van der Waals surface area contributed by atoms with Crippen molar-refractivity contribution in [2.24, 2.45) is 0 Å². The van der Waals surface area contributed by atoms with E-state index in [1.807, 2.05) is 11.8 Å². The molecule has 6 heteroatoms. The molecule has 21 heavy (non-hydrogen) atoms. The molecule has 0 saturated heterocycles. The van der Waals surface area contributed by atoms with Gasteiger partial charge in [0.25, 0.3) is 5.91 Å². The minimum absolute atomic E-state index is 0.0106. The van der Waals surface area contributed by atoms with Crippen LogP contribution in [0.25, 0.3) is 0 Å². The SMILES string of the molecule is C[C@@H]1c2ccsc2CCN1C(=O)CNC(=O)c1ccco1. The smallest absolute Gasteiger partial charge is 0.287 e. The number of thiophene rings is 1. The lowest BCUT2D eigenvalue weighted by atomic mass is 10.0. The molecule has 2 amide bonds. The normalized spacial score (nSPS) is 17.4. The molecule has 1 N–H and O–H groups in total. The molecule has 3 heterocycles. The molecule has 0 bridgehead atoms. The average Bonchev–Trinajstić information content (AvgIpc) is 3.15. The van der Waals surface area contributed by atoms with Crippen LogP contribution in [0.2, 0.25) is 0 Å². The molecule has 2 aromatic heterocycles. The summed E-state index contributed by atoms with van der Waals surface area (Å²) in [5.74, 6) is -0.219. The van der Waals surface area contributed by atoms with Crippen molar-refractivity contribution >= 4 is 23.2 Å². The van der Waals surface area contributed by atoms with Gasteiger partial charge in [-0.05, 0) is 42.5 Å². The maximum Gasteiger partial charge on any atom is 0.287 e. The molecular formula is C15H16N2O3S. The highest BCUT2D eigenvalue weighted by atomic mass is 32.1. The first-order valence-electron chi connectivity index (χ1n) is 6.84. The first-order valence-corrected chi connectivity index (χ1v) is 7.72. The van der Waals surface area contributed by atoms with Gasteiger partial charge in [0.15, 0.2) is 5.76 Å². The van der Waals surface area contributed by atoms with Gasteiger partial charge in [-0.1, -0.05) is 0 Å². The molecule has 0 saturated carbocycles. The molecular weight excluding hydrogens is 288 g/mol. The van der Waals surface area contributed by atoms with Crippen LogP contribution in [0.3, 0.4) is 0 Å². The first-order chi connectivity index (χ1) is 10.2. The summed E-state index contributed by atoms with van der Waals surface area (Å²) < 4.78 is 4.99. The average molecular weight is 304 g/mol. The number of nitrogens with one attached hydrogen (secondary N) is 1. The third-order valence-corrected chi connectivity index (χ3v) is 4.74. The Bertz CT molecular complexity index is 648. The predicted molar refractivity (Wildman–Crippen MR) is 79.2 cm³/mol. The lowest BCUT2D eigenvalue weighted by Gasteiger charge is -2.33.